The smallest absolute Gasteiger partial charge is 0.257 e. The van der Waals surface area contributed by atoms with Crippen LogP contribution in [0.25, 0.3) is 11.3 Å². The van der Waals surface area contributed by atoms with E-state index in [1.54, 1.807) is 0 Å². The summed E-state index contributed by atoms with van der Waals surface area (Å²) in [5.74, 6) is -0.0974. The minimum atomic E-state index is -0.0974. The number of rotatable bonds is 3. The Labute approximate surface area is 130 Å². The zero-order chi connectivity index (χ0) is 15.5. The first-order valence-corrected chi connectivity index (χ1v) is 7.26. The molecule has 0 saturated heterocycles. The highest BCUT2D eigenvalue weighted by molar-refractivity contribution is 6.05. The van der Waals surface area contributed by atoms with Crippen molar-refractivity contribution >= 4 is 11.6 Å². The average molecular weight is 290 g/mol. The lowest BCUT2D eigenvalue weighted by Gasteiger charge is -2.04. The predicted octanol–water partition coefficient (Wildman–Crippen LogP) is 4.55. The van der Waals surface area contributed by atoms with Crippen molar-refractivity contribution in [3.05, 3.63) is 77.5 Å². The molecule has 0 saturated carbocycles. The average Bonchev–Trinajstić information content (AvgIpc) is 2.92. The molecule has 0 bridgehead atoms. The van der Waals surface area contributed by atoms with Gasteiger partial charge in [0.2, 0.25) is 0 Å². The van der Waals surface area contributed by atoms with Gasteiger partial charge in [0.05, 0.1) is 5.56 Å². The SMILES string of the molecule is Cc1ccc(NC(=O)c2cc(-c3ccccc3)[nH]c2C)cc1. The Kier molecular flexibility index (Phi) is 3.79. The maximum absolute atomic E-state index is 12.4. The van der Waals surface area contributed by atoms with Crippen molar-refractivity contribution < 1.29 is 4.79 Å². The molecule has 0 atom stereocenters. The van der Waals surface area contributed by atoms with Gasteiger partial charge < -0.3 is 10.3 Å². The van der Waals surface area contributed by atoms with Crippen LogP contribution in [0.4, 0.5) is 5.69 Å². The standard InChI is InChI=1S/C19H18N2O/c1-13-8-10-16(11-9-13)21-19(22)17-12-18(20-14(17)2)15-6-4-3-5-7-15/h3-12,20H,1-2H3,(H,21,22). The lowest BCUT2D eigenvalue weighted by molar-refractivity contribution is 0.102. The Balaban J connectivity index is 1.84. The van der Waals surface area contributed by atoms with Gasteiger partial charge in [-0.05, 0) is 37.6 Å². The van der Waals surface area contributed by atoms with E-state index in [0.717, 1.165) is 22.6 Å². The Morgan fingerprint density at radius 3 is 2.32 bits per heavy atom. The number of amides is 1. The molecule has 3 heteroatoms. The van der Waals surface area contributed by atoms with Gasteiger partial charge in [0, 0.05) is 17.1 Å². The van der Waals surface area contributed by atoms with Crippen LogP contribution >= 0.6 is 0 Å². The molecule has 110 valence electrons. The molecule has 0 unspecified atom stereocenters. The van der Waals surface area contributed by atoms with Crippen molar-refractivity contribution in [2.75, 3.05) is 5.32 Å². The third-order valence-corrected chi connectivity index (χ3v) is 3.65. The number of aromatic amines is 1. The van der Waals surface area contributed by atoms with Crippen LogP contribution in [0.3, 0.4) is 0 Å². The van der Waals surface area contributed by atoms with E-state index in [0.29, 0.717) is 5.56 Å². The van der Waals surface area contributed by atoms with Crippen molar-refractivity contribution in [1.29, 1.82) is 0 Å². The fourth-order valence-electron chi connectivity index (χ4n) is 2.40. The van der Waals surface area contributed by atoms with Crippen LogP contribution in [0.1, 0.15) is 21.6 Å². The summed E-state index contributed by atoms with van der Waals surface area (Å²) in [5, 5.41) is 2.93. The molecule has 3 rings (SSSR count). The van der Waals surface area contributed by atoms with Gasteiger partial charge in [-0.15, -0.1) is 0 Å². The number of hydrogen-bond acceptors (Lipinski definition) is 1. The van der Waals surface area contributed by atoms with Crippen molar-refractivity contribution in [2.24, 2.45) is 0 Å². The van der Waals surface area contributed by atoms with Gasteiger partial charge in [0.15, 0.2) is 0 Å². The highest BCUT2D eigenvalue weighted by atomic mass is 16.1. The number of anilines is 1. The second-order valence-corrected chi connectivity index (χ2v) is 5.41. The fraction of sp³-hybridized carbons (Fsp3) is 0.105. The molecule has 1 aromatic heterocycles. The number of aryl methyl sites for hydroxylation is 2. The number of aromatic nitrogens is 1. The summed E-state index contributed by atoms with van der Waals surface area (Å²) in [4.78, 5) is 15.7. The Bertz CT molecular complexity index is 786. The van der Waals surface area contributed by atoms with Crippen LogP contribution in [0, 0.1) is 13.8 Å². The number of carbonyl (C=O) groups is 1. The first kappa shape index (κ1) is 14.1. The van der Waals surface area contributed by atoms with Gasteiger partial charge in [0.1, 0.15) is 0 Å². The van der Waals surface area contributed by atoms with Gasteiger partial charge in [-0.1, -0.05) is 48.0 Å². The molecule has 22 heavy (non-hydrogen) atoms. The van der Waals surface area contributed by atoms with Gasteiger partial charge in [0.25, 0.3) is 5.91 Å². The molecule has 0 spiro atoms. The third kappa shape index (κ3) is 2.93. The Morgan fingerprint density at radius 2 is 1.64 bits per heavy atom. The normalized spacial score (nSPS) is 10.5. The zero-order valence-electron chi connectivity index (χ0n) is 12.7. The van der Waals surface area contributed by atoms with E-state index in [1.807, 2.05) is 74.5 Å². The maximum atomic E-state index is 12.4. The molecular weight excluding hydrogens is 272 g/mol. The highest BCUT2D eigenvalue weighted by Gasteiger charge is 2.13. The Hall–Kier alpha value is -2.81. The summed E-state index contributed by atoms with van der Waals surface area (Å²) in [6, 6.07) is 19.7. The van der Waals surface area contributed by atoms with Gasteiger partial charge >= 0.3 is 0 Å². The molecule has 0 fully saturated rings. The molecule has 3 nitrogen and oxygen atoms in total. The zero-order valence-corrected chi connectivity index (χ0v) is 12.7. The van der Waals surface area contributed by atoms with E-state index in [2.05, 4.69) is 10.3 Å². The summed E-state index contributed by atoms with van der Waals surface area (Å²) in [5.41, 5.74) is 5.52. The molecular formula is C19H18N2O. The maximum Gasteiger partial charge on any atom is 0.257 e. The van der Waals surface area contributed by atoms with E-state index in [4.69, 9.17) is 0 Å². The molecule has 3 aromatic rings. The Morgan fingerprint density at radius 1 is 0.955 bits per heavy atom. The monoisotopic (exact) mass is 290 g/mol. The van der Waals surface area contributed by atoms with Gasteiger partial charge in [-0.2, -0.15) is 0 Å². The number of benzene rings is 2. The number of carbonyl (C=O) groups excluding carboxylic acids is 1. The summed E-state index contributed by atoms with van der Waals surface area (Å²) >= 11 is 0. The third-order valence-electron chi connectivity index (χ3n) is 3.65. The van der Waals surface area contributed by atoms with E-state index in [-0.39, 0.29) is 5.91 Å². The first-order valence-electron chi connectivity index (χ1n) is 7.26. The van der Waals surface area contributed by atoms with E-state index in [1.165, 1.54) is 5.56 Å². The second-order valence-electron chi connectivity index (χ2n) is 5.41. The topological polar surface area (TPSA) is 44.9 Å². The van der Waals surface area contributed by atoms with Crippen molar-refractivity contribution in [1.82, 2.24) is 4.98 Å². The number of hydrogen-bond donors (Lipinski definition) is 2. The summed E-state index contributed by atoms with van der Waals surface area (Å²) in [7, 11) is 0. The molecule has 0 aliphatic rings. The molecule has 0 aliphatic carbocycles. The molecule has 2 aromatic carbocycles. The highest BCUT2D eigenvalue weighted by Crippen LogP contribution is 2.22. The van der Waals surface area contributed by atoms with E-state index in [9.17, 15) is 4.79 Å². The van der Waals surface area contributed by atoms with E-state index >= 15 is 0 Å². The molecule has 0 aliphatic heterocycles. The second kappa shape index (κ2) is 5.90. The predicted molar refractivity (Wildman–Crippen MR) is 90.1 cm³/mol. The molecule has 2 N–H and O–H groups in total. The van der Waals surface area contributed by atoms with Crippen LogP contribution in [-0.4, -0.2) is 10.9 Å². The number of nitrogens with one attached hydrogen (secondary N) is 2. The van der Waals surface area contributed by atoms with Crippen molar-refractivity contribution in [3.63, 3.8) is 0 Å². The molecule has 0 radical (unpaired) electrons. The van der Waals surface area contributed by atoms with Crippen LogP contribution in [0.2, 0.25) is 0 Å². The lowest BCUT2D eigenvalue weighted by Crippen LogP contribution is -2.12. The first-order chi connectivity index (χ1) is 10.6. The van der Waals surface area contributed by atoms with Crippen molar-refractivity contribution in [2.45, 2.75) is 13.8 Å². The number of H-pyrrole nitrogens is 1. The molecule has 1 heterocycles. The summed E-state index contributed by atoms with van der Waals surface area (Å²) in [6.45, 7) is 3.94. The quantitative estimate of drug-likeness (QED) is 0.730. The van der Waals surface area contributed by atoms with Gasteiger partial charge in [-0.3, -0.25) is 4.79 Å². The lowest BCUT2D eigenvalue weighted by atomic mass is 10.1. The van der Waals surface area contributed by atoms with Crippen molar-refractivity contribution in [3.8, 4) is 11.3 Å². The molecule has 1 amide bonds. The fourth-order valence-corrected chi connectivity index (χ4v) is 2.40. The van der Waals surface area contributed by atoms with Crippen LogP contribution in [-0.2, 0) is 0 Å². The van der Waals surface area contributed by atoms with Crippen LogP contribution in [0.15, 0.2) is 60.7 Å². The van der Waals surface area contributed by atoms with E-state index < -0.39 is 0 Å². The minimum absolute atomic E-state index is 0.0974. The van der Waals surface area contributed by atoms with Gasteiger partial charge in [-0.25, -0.2) is 0 Å². The minimum Gasteiger partial charge on any atom is -0.358 e. The van der Waals surface area contributed by atoms with Crippen LogP contribution < -0.4 is 5.32 Å². The summed E-state index contributed by atoms with van der Waals surface area (Å²) < 4.78 is 0. The summed E-state index contributed by atoms with van der Waals surface area (Å²) in [6.07, 6.45) is 0. The van der Waals surface area contributed by atoms with Crippen LogP contribution in [0.5, 0.6) is 0 Å². The largest absolute Gasteiger partial charge is 0.358 e.